The van der Waals surface area contributed by atoms with Crippen molar-refractivity contribution in [3.8, 4) is 0 Å². The molecule has 1 aliphatic rings. The van der Waals surface area contributed by atoms with E-state index in [4.69, 9.17) is 5.11 Å². The number of carbonyl (C=O) groups is 2. The average molecular weight is 283 g/mol. The van der Waals surface area contributed by atoms with Gasteiger partial charge in [0, 0.05) is 6.42 Å². The Kier molecular flexibility index (Phi) is 8.31. The molecule has 0 spiro atoms. The van der Waals surface area contributed by atoms with Crippen LogP contribution < -0.4 is 5.32 Å². The van der Waals surface area contributed by atoms with Crippen molar-refractivity contribution in [2.24, 2.45) is 5.92 Å². The molecule has 0 radical (unpaired) electrons. The lowest BCUT2D eigenvalue weighted by atomic mass is 9.86. The Bertz CT molecular complexity index is 298. The number of amides is 1. The maximum absolute atomic E-state index is 11.8. The SMILES string of the molecule is CCCCC(NC(=O)CCCC1CCCCC1)C(=O)O. The van der Waals surface area contributed by atoms with E-state index in [0.29, 0.717) is 12.8 Å². The molecule has 0 bridgehead atoms. The fraction of sp³-hybridized carbons (Fsp3) is 0.875. The molecule has 1 rings (SSSR count). The molecule has 1 aliphatic carbocycles. The van der Waals surface area contributed by atoms with Crippen LogP contribution in [-0.4, -0.2) is 23.0 Å². The van der Waals surface area contributed by atoms with E-state index >= 15 is 0 Å². The van der Waals surface area contributed by atoms with Crippen molar-refractivity contribution in [1.82, 2.24) is 5.32 Å². The summed E-state index contributed by atoms with van der Waals surface area (Å²) in [6, 6.07) is -0.711. The van der Waals surface area contributed by atoms with Gasteiger partial charge in [0.05, 0.1) is 0 Å². The minimum Gasteiger partial charge on any atom is -0.480 e. The topological polar surface area (TPSA) is 66.4 Å². The fourth-order valence-electron chi connectivity index (χ4n) is 2.96. The number of aliphatic carboxylic acids is 1. The van der Waals surface area contributed by atoms with Crippen LogP contribution in [0.5, 0.6) is 0 Å². The number of unbranched alkanes of at least 4 members (excludes halogenated alkanes) is 1. The molecule has 116 valence electrons. The number of hydrogen-bond acceptors (Lipinski definition) is 2. The van der Waals surface area contributed by atoms with E-state index in [2.05, 4.69) is 5.32 Å². The predicted octanol–water partition coefficient (Wildman–Crippen LogP) is 3.50. The smallest absolute Gasteiger partial charge is 0.326 e. The summed E-state index contributed by atoms with van der Waals surface area (Å²) in [5, 5.41) is 11.7. The van der Waals surface area contributed by atoms with E-state index in [1.54, 1.807) is 0 Å². The molecule has 0 aromatic heterocycles. The first-order valence-corrected chi connectivity index (χ1v) is 8.15. The molecule has 0 heterocycles. The second-order valence-corrected chi connectivity index (χ2v) is 6.00. The van der Waals surface area contributed by atoms with Crippen LogP contribution in [0.2, 0.25) is 0 Å². The second kappa shape index (κ2) is 9.78. The molecule has 1 unspecified atom stereocenters. The van der Waals surface area contributed by atoms with Crippen molar-refractivity contribution < 1.29 is 14.7 Å². The Hall–Kier alpha value is -1.06. The van der Waals surface area contributed by atoms with E-state index in [9.17, 15) is 9.59 Å². The highest BCUT2D eigenvalue weighted by atomic mass is 16.4. The number of hydrogen-bond donors (Lipinski definition) is 2. The Morgan fingerprint density at radius 1 is 1.20 bits per heavy atom. The van der Waals surface area contributed by atoms with E-state index in [1.807, 2.05) is 6.92 Å². The zero-order valence-electron chi connectivity index (χ0n) is 12.7. The molecule has 1 fully saturated rings. The van der Waals surface area contributed by atoms with Crippen LogP contribution in [0.15, 0.2) is 0 Å². The van der Waals surface area contributed by atoms with Gasteiger partial charge in [-0.15, -0.1) is 0 Å². The summed E-state index contributed by atoms with van der Waals surface area (Å²) in [6.45, 7) is 2.02. The van der Waals surface area contributed by atoms with Crippen molar-refractivity contribution in [1.29, 1.82) is 0 Å². The summed E-state index contributed by atoms with van der Waals surface area (Å²) in [5.41, 5.74) is 0. The predicted molar refractivity (Wildman–Crippen MR) is 79.5 cm³/mol. The largest absolute Gasteiger partial charge is 0.480 e. The molecule has 4 nitrogen and oxygen atoms in total. The molecule has 4 heteroatoms. The Balaban J connectivity index is 2.18. The van der Waals surface area contributed by atoms with Crippen LogP contribution in [0.1, 0.15) is 77.6 Å². The summed E-state index contributed by atoms with van der Waals surface area (Å²) in [7, 11) is 0. The van der Waals surface area contributed by atoms with Crippen molar-refractivity contribution >= 4 is 11.9 Å². The Morgan fingerprint density at radius 3 is 2.50 bits per heavy atom. The third-order valence-electron chi connectivity index (χ3n) is 4.22. The lowest BCUT2D eigenvalue weighted by Gasteiger charge is -2.21. The number of nitrogens with one attached hydrogen (secondary N) is 1. The summed E-state index contributed by atoms with van der Waals surface area (Å²) < 4.78 is 0. The molecule has 20 heavy (non-hydrogen) atoms. The molecule has 0 aromatic rings. The average Bonchev–Trinajstić information content (AvgIpc) is 2.44. The van der Waals surface area contributed by atoms with Crippen LogP contribution in [0.4, 0.5) is 0 Å². The molecule has 1 atom stereocenters. The molecule has 2 N–H and O–H groups in total. The number of carbonyl (C=O) groups excluding carboxylic acids is 1. The van der Waals surface area contributed by atoms with E-state index in [0.717, 1.165) is 31.6 Å². The monoisotopic (exact) mass is 283 g/mol. The molecular formula is C16H29NO3. The highest BCUT2D eigenvalue weighted by molar-refractivity contribution is 5.83. The van der Waals surface area contributed by atoms with Crippen molar-refractivity contribution in [2.45, 2.75) is 83.6 Å². The van der Waals surface area contributed by atoms with Gasteiger partial charge in [-0.3, -0.25) is 4.79 Å². The van der Waals surface area contributed by atoms with Gasteiger partial charge in [0.1, 0.15) is 6.04 Å². The van der Waals surface area contributed by atoms with Gasteiger partial charge < -0.3 is 10.4 Å². The molecular weight excluding hydrogens is 254 g/mol. The van der Waals surface area contributed by atoms with E-state index in [-0.39, 0.29) is 5.91 Å². The molecule has 0 aliphatic heterocycles. The van der Waals surface area contributed by atoms with E-state index in [1.165, 1.54) is 32.1 Å². The van der Waals surface area contributed by atoms with Gasteiger partial charge in [-0.05, 0) is 25.2 Å². The van der Waals surface area contributed by atoms with Gasteiger partial charge in [0.25, 0.3) is 0 Å². The minimum absolute atomic E-state index is 0.107. The van der Waals surface area contributed by atoms with Gasteiger partial charge >= 0.3 is 5.97 Å². The zero-order chi connectivity index (χ0) is 14.8. The molecule has 1 amide bonds. The number of carboxylic acid groups (broad SMARTS) is 1. The number of rotatable bonds is 9. The van der Waals surface area contributed by atoms with Gasteiger partial charge in [0.15, 0.2) is 0 Å². The van der Waals surface area contributed by atoms with Gasteiger partial charge in [-0.25, -0.2) is 4.79 Å². The van der Waals surface area contributed by atoms with Crippen LogP contribution in [0.25, 0.3) is 0 Å². The summed E-state index contributed by atoms with van der Waals surface area (Å²) in [4.78, 5) is 22.8. The molecule has 0 aromatic carbocycles. The standard InChI is InChI=1S/C16H29NO3/c1-2-3-11-14(16(19)20)17-15(18)12-7-10-13-8-5-4-6-9-13/h13-14H,2-12H2,1H3,(H,17,18)(H,19,20). The normalized spacial score (nSPS) is 17.6. The highest BCUT2D eigenvalue weighted by Gasteiger charge is 2.19. The first-order valence-electron chi connectivity index (χ1n) is 8.15. The van der Waals surface area contributed by atoms with Crippen molar-refractivity contribution in [2.75, 3.05) is 0 Å². The lowest BCUT2D eigenvalue weighted by molar-refractivity contribution is -0.142. The number of carboxylic acids is 1. The fourth-order valence-corrected chi connectivity index (χ4v) is 2.96. The van der Waals surface area contributed by atoms with Gasteiger partial charge in [-0.2, -0.15) is 0 Å². The second-order valence-electron chi connectivity index (χ2n) is 6.00. The maximum atomic E-state index is 11.8. The highest BCUT2D eigenvalue weighted by Crippen LogP contribution is 2.27. The van der Waals surface area contributed by atoms with Gasteiger partial charge in [0.2, 0.25) is 5.91 Å². The van der Waals surface area contributed by atoms with Crippen molar-refractivity contribution in [3.63, 3.8) is 0 Å². The quantitative estimate of drug-likeness (QED) is 0.680. The summed E-state index contributed by atoms with van der Waals surface area (Å²) in [5.74, 6) is -0.240. The van der Waals surface area contributed by atoms with Crippen molar-refractivity contribution in [3.05, 3.63) is 0 Å². The molecule has 0 saturated heterocycles. The lowest BCUT2D eigenvalue weighted by Crippen LogP contribution is -2.40. The Morgan fingerprint density at radius 2 is 1.90 bits per heavy atom. The first-order chi connectivity index (χ1) is 9.63. The zero-order valence-corrected chi connectivity index (χ0v) is 12.7. The van der Waals surface area contributed by atoms with Crippen LogP contribution in [-0.2, 0) is 9.59 Å². The van der Waals surface area contributed by atoms with Crippen LogP contribution >= 0.6 is 0 Å². The van der Waals surface area contributed by atoms with Crippen LogP contribution in [0.3, 0.4) is 0 Å². The Labute approximate surface area is 122 Å². The maximum Gasteiger partial charge on any atom is 0.326 e. The third-order valence-corrected chi connectivity index (χ3v) is 4.22. The van der Waals surface area contributed by atoms with E-state index < -0.39 is 12.0 Å². The summed E-state index contributed by atoms with van der Waals surface area (Å²) in [6.07, 6.45) is 11.4. The third kappa shape index (κ3) is 6.92. The summed E-state index contributed by atoms with van der Waals surface area (Å²) >= 11 is 0. The minimum atomic E-state index is -0.918. The first kappa shape index (κ1) is 17.0. The van der Waals surface area contributed by atoms with Gasteiger partial charge in [-0.1, -0.05) is 51.9 Å². The van der Waals surface area contributed by atoms with Crippen LogP contribution in [0, 0.1) is 5.92 Å². The molecule has 1 saturated carbocycles.